The van der Waals surface area contributed by atoms with Crippen LogP contribution in [0.15, 0.2) is 41.1 Å². The Labute approximate surface area is 134 Å². The van der Waals surface area contributed by atoms with Crippen molar-refractivity contribution < 1.29 is 0 Å². The van der Waals surface area contributed by atoms with E-state index in [9.17, 15) is 0 Å². The molecule has 0 N–H and O–H groups in total. The molecule has 1 aliphatic heterocycles. The van der Waals surface area contributed by atoms with E-state index in [4.69, 9.17) is 11.6 Å². The normalized spacial score (nSPS) is 15.4. The van der Waals surface area contributed by atoms with Crippen molar-refractivity contribution >= 4 is 39.0 Å². The summed E-state index contributed by atoms with van der Waals surface area (Å²) in [5.41, 5.74) is 0.886. The van der Waals surface area contributed by atoms with E-state index in [2.05, 4.69) is 36.0 Å². The van der Waals surface area contributed by atoms with Gasteiger partial charge in [-0.3, -0.25) is 4.40 Å². The number of anilines is 1. The molecule has 21 heavy (non-hydrogen) atoms. The van der Waals surface area contributed by atoms with E-state index in [-0.39, 0.29) is 0 Å². The molecular formula is C14H11BrClN5. The van der Waals surface area contributed by atoms with Crippen LogP contribution in [-0.4, -0.2) is 32.7 Å². The molecule has 0 saturated carbocycles. The summed E-state index contributed by atoms with van der Waals surface area (Å²) in [7, 11) is 0. The van der Waals surface area contributed by atoms with Gasteiger partial charge in [0, 0.05) is 25.5 Å². The third-order valence-electron chi connectivity index (χ3n) is 3.67. The summed E-state index contributed by atoms with van der Waals surface area (Å²) in [5.74, 6) is 2.29. The molecule has 5 nitrogen and oxygen atoms in total. The second-order valence-electron chi connectivity index (χ2n) is 5.05. The Morgan fingerprint density at radius 3 is 2.90 bits per heavy atom. The average Bonchev–Trinajstić information content (AvgIpc) is 2.84. The van der Waals surface area contributed by atoms with Crippen LogP contribution in [0.5, 0.6) is 0 Å². The van der Waals surface area contributed by atoms with E-state index in [1.54, 1.807) is 6.20 Å². The number of hydrogen-bond acceptors (Lipinski definition) is 4. The van der Waals surface area contributed by atoms with Crippen LogP contribution < -0.4 is 4.90 Å². The van der Waals surface area contributed by atoms with Crippen molar-refractivity contribution in [2.24, 2.45) is 0 Å². The molecule has 0 amide bonds. The van der Waals surface area contributed by atoms with Crippen LogP contribution in [0.3, 0.4) is 0 Å². The van der Waals surface area contributed by atoms with Gasteiger partial charge in [-0.15, -0.1) is 10.2 Å². The fraction of sp³-hybridized carbons (Fsp3) is 0.214. The Morgan fingerprint density at radius 1 is 1.24 bits per heavy atom. The minimum Gasteiger partial charge on any atom is -0.354 e. The molecule has 1 fully saturated rings. The van der Waals surface area contributed by atoms with E-state index in [1.807, 2.05) is 34.9 Å². The van der Waals surface area contributed by atoms with Crippen LogP contribution in [0.25, 0.3) is 5.65 Å². The van der Waals surface area contributed by atoms with Gasteiger partial charge in [0.15, 0.2) is 5.65 Å². The van der Waals surface area contributed by atoms with Gasteiger partial charge < -0.3 is 4.90 Å². The van der Waals surface area contributed by atoms with Gasteiger partial charge in [-0.1, -0.05) is 17.7 Å². The maximum atomic E-state index is 5.93. The molecule has 4 heterocycles. The summed E-state index contributed by atoms with van der Waals surface area (Å²) in [6.07, 6.45) is 3.67. The lowest BCUT2D eigenvalue weighted by molar-refractivity contribution is 0.492. The zero-order chi connectivity index (χ0) is 14.4. The maximum Gasteiger partial charge on any atom is 0.160 e. The Balaban J connectivity index is 1.57. The molecule has 0 aliphatic carbocycles. The van der Waals surface area contributed by atoms with Crippen LogP contribution >= 0.6 is 27.5 Å². The molecule has 7 heteroatoms. The summed E-state index contributed by atoms with van der Waals surface area (Å²) in [6, 6.07) is 7.79. The number of rotatable bonds is 2. The first-order valence-electron chi connectivity index (χ1n) is 6.58. The highest BCUT2D eigenvalue weighted by Crippen LogP contribution is 2.34. The van der Waals surface area contributed by atoms with Gasteiger partial charge in [0.25, 0.3) is 0 Å². The van der Waals surface area contributed by atoms with Gasteiger partial charge >= 0.3 is 0 Å². The molecule has 1 saturated heterocycles. The highest BCUT2D eigenvalue weighted by Gasteiger charge is 2.33. The van der Waals surface area contributed by atoms with Crippen molar-refractivity contribution in [3.05, 3.63) is 52.0 Å². The van der Waals surface area contributed by atoms with E-state index < -0.39 is 0 Å². The fourth-order valence-electron chi connectivity index (χ4n) is 2.59. The minimum absolute atomic E-state index is 0.367. The van der Waals surface area contributed by atoms with Crippen molar-refractivity contribution in [3.8, 4) is 0 Å². The smallest absolute Gasteiger partial charge is 0.160 e. The first-order chi connectivity index (χ1) is 10.2. The van der Waals surface area contributed by atoms with E-state index in [1.165, 1.54) is 0 Å². The molecule has 3 aromatic heterocycles. The molecule has 0 aromatic carbocycles. The molecule has 0 radical (unpaired) electrons. The Kier molecular flexibility index (Phi) is 3.08. The van der Waals surface area contributed by atoms with Crippen LogP contribution in [0.4, 0.5) is 5.82 Å². The van der Waals surface area contributed by atoms with Crippen LogP contribution in [0.2, 0.25) is 5.02 Å². The predicted octanol–water partition coefficient (Wildman–Crippen LogP) is 3.14. The number of pyridine rings is 2. The number of aromatic nitrogens is 4. The first-order valence-corrected chi connectivity index (χ1v) is 7.75. The lowest BCUT2D eigenvalue weighted by atomic mass is 9.99. The second-order valence-corrected chi connectivity index (χ2v) is 6.34. The Hall–Kier alpha value is -1.66. The monoisotopic (exact) mass is 363 g/mol. The van der Waals surface area contributed by atoms with Crippen LogP contribution in [-0.2, 0) is 0 Å². The SMILES string of the molecule is Clc1cnc(N2CC(c3nnc4ccccn34)C2)c(Br)c1. The topological polar surface area (TPSA) is 46.3 Å². The van der Waals surface area contributed by atoms with Crippen LogP contribution in [0.1, 0.15) is 11.7 Å². The zero-order valence-corrected chi connectivity index (χ0v) is 13.3. The molecule has 0 bridgehead atoms. The minimum atomic E-state index is 0.367. The number of fused-ring (bicyclic) bond motifs is 1. The summed E-state index contributed by atoms with van der Waals surface area (Å²) in [5, 5.41) is 9.15. The van der Waals surface area contributed by atoms with Crippen molar-refractivity contribution in [3.63, 3.8) is 0 Å². The number of halogens is 2. The molecule has 0 unspecified atom stereocenters. The molecule has 0 atom stereocenters. The lowest BCUT2D eigenvalue weighted by Crippen LogP contribution is -2.46. The number of hydrogen-bond donors (Lipinski definition) is 0. The molecule has 1 aliphatic rings. The molecule has 4 rings (SSSR count). The van der Waals surface area contributed by atoms with Crippen molar-refractivity contribution in [2.75, 3.05) is 18.0 Å². The van der Waals surface area contributed by atoms with Gasteiger partial charge in [0.05, 0.1) is 15.4 Å². The molecular weight excluding hydrogens is 354 g/mol. The average molecular weight is 365 g/mol. The number of nitrogens with zero attached hydrogens (tertiary/aromatic N) is 5. The predicted molar refractivity (Wildman–Crippen MR) is 84.9 cm³/mol. The lowest BCUT2D eigenvalue weighted by Gasteiger charge is -2.39. The second kappa shape index (κ2) is 4.96. The fourth-order valence-corrected chi connectivity index (χ4v) is 3.48. The van der Waals surface area contributed by atoms with E-state index in [0.29, 0.717) is 10.9 Å². The largest absolute Gasteiger partial charge is 0.354 e. The summed E-state index contributed by atoms with van der Waals surface area (Å²) in [6.45, 7) is 1.76. The zero-order valence-electron chi connectivity index (χ0n) is 10.9. The van der Waals surface area contributed by atoms with Gasteiger partial charge in [0.1, 0.15) is 11.6 Å². The third-order valence-corrected chi connectivity index (χ3v) is 4.46. The Morgan fingerprint density at radius 2 is 2.10 bits per heavy atom. The van der Waals surface area contributed by atoms with Gasteiger partial charge in [-0.2, -0.15) is 0 Å². The van der Waals surface area contributed by atoms with Gasteiger partial charge in [0.2, 0.25) is 0 Å². The van der Waals surface area contributed by atoms with Crippen molar-refractivity contribution in [1.82, 2.24) is 19.6 Å². The van der Waals surface area contributed by atoms with Crippen molar-refractivity contribution in [1.29, 1.82) is 0 Å². The summed E-state index contributed by atoms with van der Waals surface area (Å²) >= 11 is 9.43. The van der Waals surface area contributed by atoms with E-state index in [0.717, 1.165) is 34.9 Å². The highest BCUT2D eigenvalue weighted by atomic mass is 79.9. The van der Waals surface area contributed by atoms with Gasteiger partial charge in [-0.25, -0.2) is 4.98 Å². The van der Waals surface area contributed by atoms with Gasteiger partial charge in [-0.05, 0) is 34.1 Å². The van der Waals surface area contributed by atoms with Crippen LogP contribution in [0, 0.1) is 0 Å². The molecule has 106 valence electrons. The molecule has 3 aromatic rings. The highest BCUT2D eigenvalue weighted by molar-refractivity contribution is 9.10. The Bertz CT molecular complexity index is 812. The van der Waals surface area contributed by atoms with E-state index >= 15 is 0 Å². The third kappa shape index (κ3) is 2.18. The summed E-state index contributed by atoms with van der Waals surface area (Å²) < 4.78 is 2.96. The molecule has 0 spiro atoms. The first kappa shape index (κ1) is 13.0. The standard InChI is InChI=1S/C14H11BrClN5/c15-11-5-10(16)6-17-14(11)20-7-9(8-20)13-19-18-12-3-1-2-4-21(12)13/h1-6,9H,7-8H2. The van der Waals surface area contributed by atoms with Crippen molar-refractivity contribution in [2.45, 2.75) is 5.92 Å². The maximum absolute atomic E-state index is 5.93. The quantitative estimate of drug-likeness (QED) is 0.701. The summed E-state index contributed by atoms with van der Waals surface area (Å²) in [4.78, 5) is 6.59.